The summed E-state index contributed by atoms with van der Waals surface area (Å²) in [5, 5.41) is 2.90. The number of hydrogen-bond donors (Lipinski definition) is 1. The van der Waals surface area contributed by atoms with Crippen LogP contribution in [0.2, 0.25) is 0 Å². The van der Waals surface area contributed by atoms with Crippen LogP contribution < -0.4 is 5.32 Å². The smallest absolute Gasteiger partial charge is 0.246 e. The molecular weight excluding hydrogens is 368 g/mol. The highest BCUT2D eigenvalue weighted by Gasteiger charge is 2.26. The third kappa shape index (κ3) is 5.35. The standard InChI is InChI=1S/C22H34N4O3/c1-7-15(3)26(16(4)8-2)21(28)13-25-19-12-10-9-11-18(19)24-22(25)17(5)23-20(27)14-29-6/h9-12,15-17H,7-8,13-14H2,1-6H3,(H,23,27). The highest BCUT2D eigenvalue weighted by atomic mass is 16.5. The van der Waals surface area contributed by atoms with Crippen molar-refractivity contribution in [2.75, 3.05) is 13.7 Å². The van der Waals surface area contributed by atoms with Crippen LogP contribution in [0.5, 0.6) is 0 Å². The van der Waals surface area contributed by atoms with E-state index in [9.17, 15) is 9.59 Å². The van der Waals surface area contributed by atoms with Crippen molar-refractivity contribution in [3.05, 3.63) is 30.1 Å². The summed E-state index contributed by atoms with van der Waals surface area (Å²) in [4.78, 5) is 32.0. The molecule has 1 N–H and O–H groups in total. The molecule has 2 aromatic rings. The maximum atomic E-state index is 13.3. The molecule has 1 aromatic heterocycles. The number of nitrogens with one attached hydrogen (secondary N) is 1. The predicted octanol–water partition coefficient (Wildman–Crippen LogP) is 3.29. The van der Waals surface area contributed by atoms with Gasteiger partial charge in [0.1, 0.15) is 19.0 Å². The molecule has 0 fully saturated rings. The number of fused-ring (bicyclic) bond motifs is 1. The third-order valence-electron chi connectivity index (χ3n) is 5.44. The third-order valence-corrected chi connectivity index (χ3v) is 5.44. The molecule has 2 rings (SSSR count). The lowest BCUT2D eigenvalue weighted by Gasteiger charge is -2.34. The van der Waals surface area contributed by atoms with Crippen LogP contribution in [0.1, 0.15) is 59.3 Å². The van der Waals surface area contributed by atoms with E-state index in [0.29, 0.717) is 5.82 Å². The zero-order chi connectivity index (χ0) is 21.6. The topological polar surface area (TPSA) is 76.5 Å². The van der Waals surface area contributed by atoms with Crippen LogP contribution in [0.3, 0.4) is 0 Å². The quantitative estimate of drug-likeness (QED) is 0.662. The van der Waals surface area contributed by atoms with Gasteiger partial charge >= 0.3 is 0 Å². The molecule has 0 spiro atoms. The van der Waals surface area contributed by atoms with Crippen LogP contribution in [0, 0.1) is 0 Å². The van der Waals surface area contributed by atoms with Crippen molar-refractivity contribution >= 4 is 22.8 Å². The second kappa shape index (κ2) is 10.4. The van der Waals surface area contributed by atoms with E-state index in [1.165, 1.54) is 7.11 Å². The summed E-state index contributed by atoms with van der Waals surface area (Å²) in [6, 6.07) is 7.71. The van der Waals surface area contributed by atoms with Gasteiger partial charge in [-0.2, -0.15) is 0 Å². The second-order valence-corrected chi connectivity index (χ2v) is 7.58. The Morgan fingerprint density at radius 1 is 1.14 bits per heavy atom. The Morgan fingerprint density at radius 2 is 1.76 bits per heavy atom. The zero-order valence-electron chi connectivity index (χ0n) is 18.4. The summed E-state index contributed by atoms with van der Waals surface area (Å²) in [5.41, 5.74) is 1.69. The van der Waals surface area contributed by atoms with Crippen LogP contribution in [0.25, 0.3) is 11.0 Å². The average molecular weight is 403 g/mol. The van der Waals surface area contributed by atoms with Crippen molar-refractivity contribution in [1.29, 1.82) is 0 Å². The number of imidazole rings is 1. The maximum absolute atomic E-state index is 13.3. The van der Waals surface area contributed by atoms with Crippen LogP contribution >= 0.6 is 0 Å². The van der Waals surface area contributed by atoms with Crippen molar-refractivity contribution in [3.8, 4) is 0 Å². The molecule has 3 atom stereocenters. The van der Waals surface area contributed by atoms with Gasteiger partial charge in [0.25, 0.3) is 0 Å². The van der Waals surface area contributed by atoms with Crippen molar-refractivity contribution in [2.45, 2.75) is 72.1 Å². The minimum absolute atomic E-state index is 0.0146. The van der Waals surface area contributed by atoms with Gasteiger partial charge in [0.05, 0.1) is 17.1 Å². The van der Waals surface area contributed by atoms with Crippen molar-refractivity contribution in [2.24, 2.45) is 0 Å². The lowest BCUT2D eigenvalue weighted by molar-refractivity contribution is -0.136. The molecule has 0 aliphatic rings. The van der Waals surface area contributed by atoms with Crippen LogP contribution in [0.15, 0.2) is 24.3 Å². The van der Waals surface area contributed by atoms with E-state index in [-0.39, 0.29) is 43.1 Å². The fourth-order valence-electron chi connectivity index (χ4n) is 3.61. The van der Waals surface area contributed by atoms with E-state index in [1.54, 1.807) is 0 Å². The van der Waals surface area contributed by atoms with Crippen molar-refractivity contribution in [3.63, 3.8) is 0 Å². The van der Waals surface area contributed by atoms with Crippen LogP contribution in [0.4, 0.5) is 0 Å². The van der Waals surface area contributed by atoms with Crippen molar-refractivity contribution < 1.29 is 14.3 Å². The minimum atomic E-state index is -0.349. The molecule has 7 heteroatoms. The SMILES string of the molecule is CCC(C)N(C(=O)Cn1c(C(C)NC(=O)COC)nc2ccccc21)C(C)CC. The Bertz CT molecular complexity index is 823. The maximum Gasteiger partial charge on any atom is 0.246 e. The highest BCUT2D eigenvalue weighted by Crippen LogP contribution is 2.22. The number of para-hydroxylation sites is 2. The lowest BCUT2D eigenvalue weighted by Crippen LogP contribution is -2.46. The van der Waals surface area contributed by atoms with Gasteiger partial charge in [0.15, 0.2) is 0 Å². The molecular formula is C22H34N4O3. The Balaban J connectivity index is 2.39. The predicted molar refractivity (Wildman–Crippen MR) is 115 cm³/mol. The first-order chi connectivity index (χ1) is 13.8. The van der Waals surface area contributed by atoms with Gasteiger partial charge in [0.2, 0.25) is 11.8 Å². The number of carbonyl (C=O) groups excluding carboxylic acids is 2. The summed E-state index contributed by atoms with van der Waals surface area (Å²) in [7, 11) is 1.48. The van der Waals surface area contributed by atoms with E-state index in [0.717, 1.165) is 23.9 Å². The van der Waals surface area contributed by atoms with E-state index in [1.807, 2.05) is 40.7 Å². The molecule has 3 unspecified atom stereocenters. The molecule has 0 aliphatic carbocycles. The lowest BCUT2D eigenvalue weighted by atomic mass is 10.1. The summed E-state index contributed by atoms with van der Waals surface area (Å²) < 4.78 is 6.83. The fourth-order valence-corrected chi connectivity index (χ4v) is 3.61. The molecule has 0 saturated carbocycles. The zero-order valence-corrected chi connectivity index (χ0v) is 18.4. The highest BCUT2D eigenvalue weighted by molar-refractivity contribution is 5.82. The first kappa shape index (κ1) is 22.9. The number of ether oxygens (including phenoxy) is 1. The molecule has 29 heavy (non-hydrogen) atoms. The van der Waals surface area contributed by atoms with Crippen molar-refractivity contribution in [1.82, 2.24) is 19.8 Å². The van der Waals surface area contributed by atoms with Gasteiger partial charge in [-0.25, -0.2) is 4.98 Å². The fraction of sp³-hybridized carbons (Fsp3) is 0.591. The van der Waals surface area contributed by atoms with Gasteiger partial charge in [-0.15, -0.1) is 0 Å². The normalized spacial score (nSPS) is 14.4. The van der Waals surface area contributed by atoms with E-state index in [4.69, 9.17) is 9.72 Å². The Kier molecular flexibility index (Phi) is 8.20. The largest absolute Gasteiger partial charge is 0.375 e. The molecule has 7 nitrogen and oxygen atoms in total. The number of methoxy groups -OCH3 is 1. The molecule has 160 valence electrons. The molecule has 1 heterocycles. The average Bonchev–Trinajstić information content (AvgIpc) is 3.06. The summed E-state index contributed by atoms with van der Waals surface area (Å²) in [6.45, 7) is 10.4. The number of amides is 2. The number of benzene rings is 1. The molecule has 0 aliphatic heterocycles. The van der Waals surface area contributed by atoms with Crippen LogP contribution in [-0.2, 0) is 20.9 Å². The van der Waals surface area contributed by atoms with Crippen LogP contribution in [-0.4, -0.2) is 52.1 Å². The first-order valence-electron chi connectivity index (χ1n) is 10.4. The summed E-state index contributed by atoms with van der Waals surface area (Å²) >= 11 is 0. The van der Waals surface area contributed by atoms with Gasteiger partial charge in [-0.1, -0.05) is 26.0 Å². The van der Waals surface area contributed by atoms with E-state index >= 15 is 0 Å². The molecule has 0 bridgehead atoms. The Labute approximate surface area is 173 Å². The number of carbonyl (C=O) groups is 2. The van der Waals surface area contributed by atoms with E-state index in [2.05, 4.69) is 33.0 Å². The molecule has 0 radical (unpaired) electrons. The van der Waals surface area contributed by atoms with Gasteiger partial charge in [-0.05, 0) is 45.7 Å². The molecule has 2 amide bonds. The molecule has 0 saturated heterocycles. The first-order valence-corrected chi connectivity index (χ1v) is 10.4. The molecule has 1 aromatic carbocycles. The summed E-state index contributed by atoms with van der Waals surface area (Å²) in [6.07, 6.45) is 1.80. The van der Waals surface area contributed by atoms with Gasteiger partial charge in [-0.3, -0.25) is 9.59 Å². The Hall–Kier alpha value is -2.41. The van der Waals surface area contributed by atoms with E-state index < -0.39 is 0 Å². The number of nitrogens with zero attached hydrogens (tertiary/aromatic N) is 3. The number of aromatic nitrogens is 2. The number of rotatable bonds is 10. The number of hydrogen-bond acceptors (Lipinski definition) is 4. The van der Waals surface area contributed by atoms with Gasteiger partial charge in [0, 0.05) is 19.2 Å². The second-order valence-electron chi connectivity index (χ2n) is 7.58. The minimum Gasteiger partial charge on any atom is -0.375 e. The monoisotopic (exact) mass is 402 g/mol. The van der Waals surface area contributed by atoms with Gasteiger partial charge < -0.3 is 19.5 Å². The Morgan fingerprint density at radius 3 is 2.34 bits per heavy atom. The summed E-state index contributed by atoms with van der Waals surface area (Å²) in [5.74, 6) is 0.511.